The number of ketones is 1. The van der Waals surface area contributed by atoms with Crippen LogP contribution in [0.2, 0.25) is 0 Å². The van der Waals surface area contributed by atoms with Crippen LogP contribution in [-0.2, 0) is 7.05 Å². The summed E-state index contributed by atoms with van der Waals surface area (Å²) in [4.78, 5) is 15.4. The van der Waals surface area contributed by atoms with E-state index in [0.29, 0.717) is 0 Å². The van der Waals surface area contributed by atoms with Crippen molar-refractivity contribution in [2.75, 3.05) is 24.6 Å². The van der Waals surface area contributed by atoms with Gasteiger partial charge in [-0.1, -0.05) is 30.3 Å². The maximum absolute atomic E-state index is 13.1. The summed E-state index contributed by atoms with van der Waals surface area (Å²) in [6.07, 6.45) is 1.93. The summed E-state index contributed by atoms with van der Waals surface area (Å²) < 4.78 is 1.91. The van der Waals surface area contributed by atoms with Crippen LogP contribution in [0.5, 0.6) is 0 Å². The van der Waals surface area contributed by atoms with Crippen LogP contribution in [0, 0.1) is 0 Å². The van der Waals surface area contributed by atoms with Crippen LogP contribution in [0.1, 0.15) is 22.1 Å². The van der Waals surface area contributed by atoms with Crippen molar-refractivity contribution < 1.29 is 4.79 Å². The lowest BCUT2D eigenvalue weighted by molar-refractivity contribution is 0.0822. The van der Waals surface area contributed by atoms with Gasteiger partial charge in [0, 0.05) is 37.8 Å². The highest BCUT2D eigenvalue weighted by Gasteiger charge is 2.30. The molecule has 2 heterocycles. The Morgan fingerprint density at radius 2 is 1.81 bits per heavy atom. The number of carbonyl (C=O) groups is 1. The fourth-order valence-electron chi connectivity index (χ4n) is 2.86. The second kappa shape index (κ2) is 6.50. The largest absolute Gasteiger partial charge is 0.348 e. The molecule has 0 N–H and O–H groups in total. The molecule has 2 aromatic rings. The molecule has 0 amide bonds. The minimum Gasteiger partial charge on any atom is -0.348 e. The normalized spacial score (nSPS) is 17.6. The van der Waals surface area contributed by atoms with Gasteiger partial charge in [0.2, 0.25) is 5.78 Å². The molecule has 110 valence electrons. The van der Waals surface area contributed by atoms with Crippen molar-refractivity contribution >= 4 is 17.5 Å². The second-order valence-electron chi connectivity index (χ2n) is 5.33. The van der Waals surface area contributed by atoms with Gasteiger partial charge in [-0.15, -0.1) is 0 Å². The van der Waals surface area contributed by atoms with E-state index >= 15 is 0 Å². The molecule has 0 aliphatic carbocycles. The third-order valence-corrected chi connectivity index (χ3v) is 4.91. The summed E-state index contributed by atoms with van der Waals surface area (Å²) in [7, 11) is 1.93. The van der Waals surface area contributed by atoms with E-state index < -0.39 is 0 Å². The fraction of sp³-hybridized carbons (Fsp3) is 0.353. The van der Waals surface area contributed by atoms with E-state index in [0.717, 1.165) is 35.9 Å². The molecule has 3 rings (SSSR count). The monoisotopic (exact) mass is 300 g/mol. The third-order valence-electron chi connectivity index (χ3n) is 3.97. The van der Waals surface area contributed by atoms with Crippen molar-refractivity contribution in [2.24, 2.45) is 7.05 Å². The van der Waals surface area contributed by atoms with Crippen molar-refractivity contribution in [1.29, 1.82) is 0 Å². The predicted octanol–water partition coefficient (Wildman–Crippen LogP) is 3.00. The van der Waals surface area contributed by atoms with Crippen LogP contribution in [0.25, 0.3) is 0 Å². The van der Waals surface area contributed by atoms with Crippen molar-refractivity contribution in [3.8, 4) is 0 Å². The highest BCUT2D eigenvalue weighted by molar-refractivity contribution is 7.99. The number of rotatable bonds is 4. The van der Waals surface area contributed by atoms with Crippen LogP contribution in [0.15, 0.2) is 48.7 Å². The van der Waals surface area contributed by atoms with E-state index in [1.54, 1.807) is 0 Å². The van der Waals surface area contributed by atoms with Crippen molar-refractivity contribution in [1.82, 2.24) is 9.47 Å². The first kappa shape index (κ1) is 14.4. The molecule has 1 fully saturated rings. The Morgan fingerprint density at radius 1 is 1.10 bits per heavy atom. The van der Waals surface area contributed by atoms with Gasteiger partial charge in [0.25, 0.3) is 0 Å². The quantitative estimate of drug-likeness (QED) is 0.812. The first-order chi connectivity index (χ1) is 10.3. The summed E-state index contributed by atoms with van der Waals surface area (Å²) in [5.74, 6) is 2.40. The van der Waals surface area contributed by atoms with Gasteiger partial charge in [0.15, 0.2) is 0 Å². The van der Waals surface area contributed by atoms with E-state index in [1.165, 1.54) is 0 Å². The standard InChI is InChI=1S/C17H20N2OS/c1-18-9-5-8-15(18)17(20)16(14-6-3-2-4-7-14)19-10-12-21-13-11-19/h2-9,16H,10-13H2,1H3/t16-/m1/s1. The summed E-state index contributed by atoms with van der Waals surface area (Å²) in [6, 6.07) is 13.8. The van der Waals surface area contributed by atoms with Gasteiger partial charge in [-0.2, -0.15) is 11.8 Å². The number of Topliss-reactive ketones (excluding diaryl/α,β-unsaturated/α-hetero) is 1. The van der Waals surface area contributed by atoms with Crippen molar-refractivity contribution in [2.45, 2.75) is 6.04 Å². The van der Waals surface area contributed by atoms with Gasteiger partial charge in [0.1, 0.15) is 6.04 Å². The Labute approximate surface area is 130 Å². The number of benzene rings is 1. The molecule has 1 atom stereocenters. The molecule has 1 aliphatic rings. The molecule has 3 nitrogen and oxygen atoms in total. The molecule has 1 saturated heterocycles. The van der Waals surface area contributed by atoms with Gasteiger partial charge >= 0.3 is 0 Å². The number of aryl methyl sites for hydroxylation is 1. The minimum atomic E-state index is -0.166. The van der Waals surface area contributed by atoms with Gasteiger partial charge in [-0.05, 0) is 17.7 Å². The molecule has 0 saturated carbocycles. The SMILES string of the molecule is Cn1cccc1C(=O)[C@@H](c1ccccc1)N1CCSCC1. The Hall–Kier alpha value is -1.52. The van der Waals surface area contributed by atoms with E-state index in [-0.39, 0.29) is 11.8 Å². The van der Waals surface area contributed by atoms with Crippen LogP contribution in [0.4, 0.5) is 0 Å². The van der Waals surface area contributed by atoms with E-state index in [2.05, 4.69) is 17.0 Å². The lowest BCUT2D eigenvalue weighted by Crippen LogP contribution is -2.40. The van der Waals surface area contributed by atoms with Gasteiger partial charge < -0.3 is 4.57 Å². The van der Waals surface area contributed by atoms with Gasteiger partial charge in [0.05, 0.1) is 5.69 Å². The maximum atomic E-state index is 13.1. The number of hydrogen-bond acceptors (Lipinski definition) is 3. The first-order valence-corrected chi connectivity index (χ1v) is 8.45. The summed E-state index contributed by atoms with van der Waals surface area (Å²) in [5.41, 5.74) is 1.87. The smallest absolute Gasteiger partial charge is 0.200 e. The summed E-state index contributed by atoms with van der Waals surface area (Å²) >= 11 is 1.97. The van der Waals surface area contributed by atoms with E-state index in [4.69, 9.17) is 0 Å². The topological polar surface area (TPSA) is 25.2 Å². The number of carbonyl (C=O) groups excluding carboxylic acids is 1. The molecular weight excluding hydrogens is 280 g/mol. The van der Waals surface area contributed by atoms with Gasteiger partial charge in [-0.3, -0.25) is 9.69 Å². The zero-order chi connectivity index (χ0) is 14.7. The molecule has 1 aromatic heterocycles. The van der Waals surface area contributed by atoms with Gasteiger partial charge in [-0.25, -0.2) is 0 Å². The molecule has 0 spiro atoms. The summed E-state index contributed by atoms with van der Waals surface area (Å²) in [6.45, 7) is 1.95. The third kappa shape index (κ3) is 3.06. The highest BCUT2D eigenvalue weighted by atomic mass is 32.2. The van der Waals surface area contributed by atoms with Crippen molar-refractivity contribution in [3.05, 3.63) is 59.9 Å². The van der Waals surface area contributed by atoms with Crippen LogP contribution in [-0.4, -0.2) is 39.8 Å². The lowest BCUT2D eigenvalue weighted by atomic mass is 9.98. The van der Waals surface area contributed by atoms with Crippen molar-refractivity contribution in [3.63, 3.8) is 0 Å². The number of aromatic nitrogens is 1. The molecule has 4 heteroatoms. The molecule has 1 aliphatic heterocycles. The van der Waals surface area contributed by atoms with Crippen LogP contribution in [0.3, 0.4) is 0 Å². The molecule has 21 heavy (non-hydrogen) atoms. The lowest BCUT2D eigenvalue weighted by Gasteiger charge is -2.33. The fourth-order valence-corrected chi connectivity index (χ4v) is 3.79. The number of thioether (sulfide) groups is 1. The number of hydrogen-bond donors (Lipinski definition) is 0. The van der Waals surface area contributed by atoms with E-state index in [1.807, 2.05) is 59.9 Å². The van der Waals surface area contributed by atoms with Crippen LogP contribution >= 0.6 is 11.8 Å². The second-order valence-corrected chi connectivity index (χ2v) is 6.55. The highest BCUT2D eigenvalue weighted by Crippen LogP contribution is 2.27. The zero-order valence-electron chi connectivity index (χ0n) is 12.2. The Bertz CT molecular complexity index is 602. The molecular formula is C17H20N2OS. The number of nitrogens with zero attached hydrogens (tertiary/aromatic N) is 2. The average molecular weight is 300 g/mol. The molecule has 0 bridgehead atoms. The Morgan fingerprint density at radius 3 is 2.43 bits per heavy atom. The molecule has 0 radical (unpaired) electrons. The van der Waals surface area contributed by atoms with E-state index in [9.17, 15) is 4.79 Å². The molecule has 1 aromatic carbocycles. The summed E-state index contributed by atoms with van der Waals surface area (Å²) in [5, 5.41) is 0. The Kier molecular flexibility index (Phi) is 4.46. The maximum Gasteiger partial charge on any atom is 0.200 e. The zero-order valence-corrected chi connectivity index (χ0v) is 13.1. The average Bonchev–Trinajstić information content (AvgIpc) is 2.96. The molecule has 0 unspecified atom stereocenters. The Balaban J connectivity index is 1.96. The predicted molar refractivity (Wildman–Crippen MR) is 87.8 cm³/mol. The van der Waals surface area contributed by atoms with Crippen LogP contribution < -0.4 is 0 Å². The minimum absolute atomic E-state index is 0.166. The first-order valence-electron chi connectivity index (χ1n) is 7.29.